The fraction of sp³-hybridized carbons (Fsp3) is 0.412. The average molecular weight is 327 g/mol. The van der Waals surface area contributed by atoms with Crippen molar-refractivity contribution in [3.05, 3.63) is 48.2 Å². The predicted molar refractivity (Wildman–Crippen MR) is 89.7 cm³/mol. The number of hydrogen-bond acceptors (Lipinski definition) is 6. The molecule has 1 aliphatic heterocycles. The van der Waals surface area contributed by atoms with Gasteiger partial charge in [-0.3, -0.25) is 9.78 Å². The molecule has 1 aliphatic rings. The van der Waals surface area contributed by atoms with Gasteiger partial charge in [0.1, 0.15) is 11.5 Å². The number of nitrogens with one attached hydrogen (secondary N) is 1. The van der Waals surface area contributed by atoms with Crippen LogP contribution in [-0.4, -0.2) is 46.2 Å². The summed E-state index contributed by atoms with van der Waals surface area (Å²) in [6.45, 7) is 6.21. The molecule has 2 unspecified atom stereocenters. The lowest BCUT2D eigenvalue weighted by Gasteiger charge is -2.36. The van der Waals surface area contributed by atoms with Crippen molar-refractivity contribution in [1.29, 1.82) is 0 Å². The summed E-state index contributed by atoms with van der Waals surface area (Å²) in [4.78, 5) is 26.5. The van der Waals surface area contributed by atoms with Crippen molar-refractivity contribution < 1.29 is 9.53 Å². The molecule has 0 bridgehead atoms. The van der Waals surface area contributed by atoms with Gasteiger partial charge in [0.2, 0.25) is 0 Å². The van der Waals surface area contributed by atoms with E-state index in [1.165, 1.54) is 18.6 Å². The van der Waals surface area contributed by atoms with E-state index in [0.29, 0.717) is 12.2 Å². The summed E-state index contributed by atoms with van der Waals surface area (Å²) in [5, 5.41) is 2.81. The van der Waals surface area contributed by atoms with Gasteiger partial charge in [-0.25, -0.2) is 9.97 Å². The Hall–Kier alpha value is -2.54. The van der Waals surface area contributed by atoms with E-state index in [1.54, 1.807) is 6.20 Å². The summed E-state index contributed by atoms with van der Waals surface area (Å²) >= 11 is 0. The molecule has 0 aliphatic carbocycles. The van der Waals surface area contributed by atoms with E-state index in [-0.39, 0.29) is 18.1 Å². The van der Waals surface area contributed by atoms with Crippen molar-refractivity contribution >= 4 is 11.7 Å². The van der Waals surface area contributed by atoms with Gasteiger partial charge in [0.25, 0.3) is 5.91 Å². The molecule has 0 spiro atoms. The summed E-state index contributed by atoms with van der Waals surface area (Å²) in [5.41, 5.74) is 1.24. The molecule has 1 amide bonds. The van der Waals surface area contributed by atoms with Crippen LogP contribution in [0.5, 0.6) is 0 Å². The van der Waals surface area contributed by atoms with Gasteiger partial charge < -0.3 is 15.0 Å². The first kappa shape index (κ1) is 16.3. The van der Waals surface area contributed by atoms with E-state index in [2.05, 4.69) is 39.0 Å². The Morgan fingerprint density at radius 1 is 1.21 bits per heavy atom. The highest BCUT2D eigenvalue weighted by atomic mass is 16.5. The second-order valence-corrected chi connectivity index (χ2v) is 5.96. The average Bonchev–Trinajstić information content (AvgIpc) is 2.60. The molecule has 0 saturated carbocycles. The van der Waals surface area contributed by atoms with Gasteiger partial charge in [-0.2, -0.15) is 0 Å². The molecule has 7 nitrogen and oxygen atoms in total. The third-order valence-corrected chi connectivity index (χ3v) is 3.80. The second-order valence-electron chi connectivity index (χ2n) is 5.96. The van der Waals surface area contributed by atoms with Crippen LogP contribution in [0, 0.1) is 0 Å². The summed E-state index contributed by atoms with van der Waals surface area (Å²) < 4.78 is 5.74. The van der Waals surface area contributed by atoms with Gasteiger partial charge in [0.05, 0.1) is 18.4 Å². The van der Waals surface area contributed by atoms with Gasteiger partial charge >= 0.3 is 0 Å². The molecule has 2 aromatic rings. The topological polar surface area (TPSA) is 80.2 Å². The second kappa shape index (κ2) is 7.35. The fourth-order valence-electron chi connectivity index (χ4n) is 2.76. The van der Waals surface area contributed by atoms with Crippen molar-refractivity contribution in [1.82, 2.24) is 20.3 Å². The van der Waals surface area contributed by atoms with Gasteiger partial charge in [0.15, 0.2) is 0 Å². The zero-order valence-electron chi connectivity index (χ0n) is 13.8. The quantitative estimate of drug-likeness (QED) is 0.915. The standard InChI is InChI=1S/C17H21N5O2/c1-12-10-22(11-13(2)24-12)16-4-3-14(7-20-16)8-21-17(23)15-9-18-5-6-19-15/h3-7,9,12-13H,8,10-11H2,1-2H3,(H,21,23). The number of ether oxygens (including phenoxy) is 1. The van der Waals surface area contributed by atoms with Crippen LogP contribution in [0.1, 0.15) is 29.9 Å². The van der Waals surface area contributed by atoms with Gasteiger partial charge in [-0.1, -0.05) is 6.07 Å². The number of carbonyl (C=O) groups is 1. The first-order chi connectivity index (χ1) is 11.6. The Morgan fingerprint density at radius 3 is 2.62 bits per heavy atom. The van der Waals surface area contributed by atoms with Crippen molar-refractivity contribution in [2.45, 2.75) is 32.6 Å². The van der Waals surface area contributed by atoms with Crippen molar-refractivity contribution in [2.75, 3.05) is 18.0 Å². The lowest BCUT2D eigenvalue weighted by molar-refractivity contribution is -0.00546. The Bertz CT molecular complexity index is 667. The molecular weight excluding hydrogens is 306 g/mol. The largest absolute Gasteiger partial charge is 0.372 e. The molecule has 24 heavy (non-hydrogen) atoms. The molecule has 1 saturated heterocycles. The maximum atomic E-state index is 11.9. The Morgan fingerprint density at radius 2 is 2.00 bits per heavy atom. The number of aromatic nitrogens is 3. The summed E-state index contributed by atoms with van der Waals surface area (Å²) in [5.74, 6) is 0.684. The SMILES string of the molecule is CC1CN(c2ccc(CNC(=O)c3cnccn3)cn2)CC(C)O1. The maximum Gasteiger partial charge on any atom is 0.271 e. The number of pyridine rings is 1. The molecule has 0 radical (unpaired) electrons. The van der Waals surface area contributed by atoms with Crippen LogP contribution in [0.15, 0.2) is 36.9 Å². The van der Waals surface area contributed by atoms with Crippen LogP contribution in [0.4, 0.5) is 5.82 Å². The molecule has 2 atom stereocenters. The van der Waals surface area contributed by atoms with Crippen LogP contribution in [0.3, 0.4) is 0 Å². The number of carbonyl (C=O) groups excluding carboxylic acids is 1. The predicted octanol–water partition coefficient (Wildman–Crippen LogP) is 1.42. The Kier molecular flexibility index (Phi) is 5.00. The molecule has 3 heterocycles. The van der Waals surface area contributed by atoms with Crippen molar-refractivity contribution in [2.24, 2.45) is 0 Å². The van der Waals surface area contributed by atoms with Gasteiger partial charge in [-0.15, -0.1) is 0 Å². The van der Waals surface area contributed by atoms with E-state index in [9.17, 15) is 4.79 Å². The summed E-state index contributed by atoms with van der Waals surface area (Å²) in [6.07, 6.45) is 6.65. The highest BCUT2D eigenvalue weighted by Gasteiger charge is 2.22. The Labute approximate surface area is 141 Å². The summed E-state index contributed by atoms with van der Waals surface area (Å²) in [7, 11) is 0. The van der Waals surface area contributed by atoms with E-state index >= 15 is 0 Å². The number of anilines is 1. The van der Waals surface area contributed by atoms with Crippen LogP contribution < -0.4 is 10.2 Å². The lowest BCUT2D eigenvalue weighted by atomic mass is 10.2. The zero-order chi connectivity index (χ0) is 16.9. The van der Waals surface area contributed by atoms with Gasteiger partial charge in [-0.05, 0) is 25.5 Å². The molecule has 1 fully saturated rings. The third kappa shape index (κ3) is 4.05. The molecular formula is C17H21N5O2. The smallest absolute Gasteiger partial charge is 0.271 e. The van der Waals surface area contributed by atoms with Crippen LogP contribution in [0.2, 0.25) is 0 Å². The summed E-state index contributed by atoms with van der Waals surface area (Å²) in [6, 6.07) is 3.96. The Balaban J connectivity index is 1.58. The minimum Gasteiger partial charge on any atom is -0.372 e. The van der Waals surface area contributed by atoms with Crippen molar-refractivity contribution in [3.8, 4) is 0 Å². The molecule has 1 N–H and O–H groups in total. The van der Waals surface area contributed by atoms with Crippen LogP contribution >= 0.6 is 0 Å². The maximum absolute atomic E-state index is 11.9. The molecule has 126 valence electrons. The van der Waals surface area contributed by atoms with E-state index in [1.807, 2.05) is 12.1 Å². The fourth-order valence-corrected chi connectivity index (χ4v) is 2.76. The number of morpholine rings is 1. The molecule has 0 aromatic carbocycles. The minimum absolute atomic E-state index is 0.196. The van der Waals surface area contributed by atoms with Gasteiger partial charge in [0, 0.05) is 38.2 Å². The third-order valence-electron chi connectivity index (χ3n) is 3.80. The molecule has 2 aromatic heterocycles. The monoisotopic (exact) mass is 327 g/mol. The van der Waals surface area contributed by atoms with Crippen molar-refractivity contribution in [3.63, 3.8) is 0 Å². The number of amides is 1. The minimum atomic E-state index is -0.247. The number of nitrogens with zero attached hydrogens (tertiary/aromatic N) is 4. The zero-order valence-corrected chi connectivity index (χ0v) is 13.8. The molecule has 3 rings (SSSR count). The molecule has 7 heteroatoms. The highest BCUT2D eigenvalue weighted by molar-refractivity contribution is 5.91. The number of rotatable bonds is 4. The lowest BCUT2D eigenvalue weighted by Crippen LogP contribution is -2.45. The first-order valence-electron chi connectivity index (χ1n) is 8.01. The van der Waals surface area contributed by atoms with E-state index in [4.69, 9.17) is 4.74 Å². The van der Waals surface area contributed by atoms with Crippen LogP contribution in [0.25, 0.3) is 0 Å². The highest BCUT2D eigenvalue weighted by Crippen LogP contribution is 2.18. The number of hydrogen-bond donors (Lipinski definition) is 1. The first-order valence-corrected chi connectivity index (χ1v) is 8.01. The van der Waals surface area contributed by atoms with E-state index in [0.717, 1.165) is 24.5 Å². The van der Waals surface area contributed by atoms with Crippen LogP contribution in [-0.2, 0) is 11.3 Å². The normalized spacial score (nSPS) is 20.7. The van der Waals surface area contributed by atoms with E-state index < -0.39 is 0 Å².